The molecule has 2 N–H and O–H groups in total. The number of nitrogens with zero attached hydrogens (tertiary/aromatic N) is 3. The van der Waals surface area contributed by atoms with Crippen molar-refractivity contribution in [2.75, 3.05) is 11.3 Å². The largest absolute Gasteiger partial charge is 0.395 e. The SMILES string of the molecule is CC(C)(CO)c1nc(-c2cccc(NS(=O)(=O)c3c(F)cccc3F)c2F)c(-c2ccnc(Cl)n2)s1. The average molecular weight is 555 g/mol. The van der Waals surface area contributed by atoms with Crippen LogP contribution < -0.4 is 4.72 Å². The standard InChI is InChI=1S/C23H18ClF3N4O3S2/c1-23(2,11-32)21-30-18(19(35-21)16-9-10-28-22(24)29-16)12-5-3-8-15(17(12)27)31-36(33,34)20-13(25)6-4-7-14(20)26/h3-10,31-32H,11H2,1-2H3. The van der Waals surface area contributed by atoms with Crippen molar-refractivity contribution in [1.29, 1.82) is 0 Å². The second-order valence-corrected chi connectivity index (χ2v) is 11.2. The van der Waals surface area contributed by atoms with Crippen LogP contribution in [0.15, 0.2) is 53.6 Å². The number of rotatable bonds is 7. The molecule has 7 nitrogen and oxygen atoms in total. The zero-order valence-electron chi connectivity index (χ0n) is 18.8. The number of nitrogens with one attached hydrogen (secondary N) is 1. The first-order chi connectivity index (χ1) is 16.9. The van der Waals surface area contributed by atoms with Crippen LogP contribution in [0.4, 0.5) is 18.9 Å². The molecular weight excluding hydrogens is 537 g/mol. The molecule has 0 spiro atoms. The number of aromatic nitrogens is 3. The summed E-state index contributed by atoms with van der Waals surface area (Å²) in [6.07, 6.45) is 1.41. The van der Waals surface area contributed by atoms with E-state index in [2.05, 4.69) is 15.0 Å². The molecule has 188 valence electrons. The smallest absolute Gasteiger partial charge is 0.267 e. The van der Waals surface area contributed by atoms with E-state index < -0.39 is 43.5 Å². The Kier molecular flexibility index (Phi) is 7.06. The van der Waals surface area contributed by atoms with E-state index in [0.29, 0.717) is 15.6 Å². The Bertz CT molecular complexity index is 1540. The molecule has 2 aromatic carbocycles. The third-order valence-electron chi connectivity index (χ3n) is 5.15. The molecule has 0 aliphatic heterocycles. The highest BCUT2D eigenvalue weighted by atomic mass is 35.5. The van der Waals surface area contributed by atoms with Crippen LogP contribution in [0.3, 0.4) is 0 Å². The van der Waals surface area contributed by atoms with Gasteiger partial charge in [-0.15, -0.1) is 11.3 Å². The Morgan fingerprint density at radius 2 is 1.72 bits per heavy atom. The number of thiazole rings is 1. The molecule has 36 heavy (non-hydrogen) atoms. The summed E-state index contributed by atoms with van der Waals surface area (Å²) < 4.78 is 71.3. The zero-order chi connectivity index (χ0) is 26.3. The number of hydrogen-bond acceptors (Lipinski definition) is 7. The molecule has 0 fully saturated rings. The van der Waals surface area contributed by atoms with Gasteiger partial charge in [-0.25, -0.2) is 36.5 Å². The summed E-state index contributed by atoms with van der Waals surface area (Å²) in [6, 6.07) is 7.96. The first-order valence-corrected chi connectivity index (χ1v) is 13.0. The van der Waals surface area contributed by atoms with Crippen molar-refractivity contribution in [3.05, 3.63) is 76.4 Å². The number of halogens is 4. The van der Waals surface area contributed by atoms with Crippen LogP contribution in [0, 0.1) is 17.5 Å². The van der Waals surface area contributed by atoms with Crippen molar-refractivity contribution in [3.63, 3.8) is 0 Å². The van der Waals surface area contributed by atoms with E-state index in [9.17, 15) is 22.3 Å². The minimum atomic E-state index is -4.81. The molecule has 13 heteroatoms. The molecule has 0 saturated heterocycles. The minimum absolute atomic E-state index is 0.0521. The highest BCUT2D eigenvalue weighted by molar-refractivity contribution is 7.92. The lowest BCUT2D eigenvalue weighted by atomic mass is 9.96. The van der Waals surface area contributed by atoms with Crippen molar-refractivity contribution in [2.45, 2.75) is 24.2 Å². The second-order valence-electron chi connectivity index (χ2n) is 8.27. The summed E-state index contributed by atoms with van der Waals surface area (Å²) in [6.45, 7) is 3.24. The maximum absolute atomic E-state index is 15.7. The van der Waals surface area contributed by atoms with Crippen molar-refractivity contribution >= 4 is 38.6 Å². The predicted octanol–water partition coefficient (Wildman–Crippen LogP) is 5.41. The molecule has 2 aromatic heterocycles. The summed E-state index contributed by atoms with van der Waals surface area (Å²) >= 11 is 7.09. The lowest BCUT2D eigenvalue weighted by Gasteiger charge is -2.17. The van der Waals surface area contributed by atoms with Gasteiger partial charge < -0.3 is 5.11 Å². The van der Waals surface area contributed by atoms with Gasteiger partial charge in [-0.1, -0.05) is 26.0 Å². The Morgan fingerprint density at radius 1 is 1.06 bits per heavy atom. The van der Waals surface area contributed by atoms with E-state index in [1.54, 1.807) is 19.9 Å². The Hall–Kier alpha value is -3.06. The number of hydrogen-bond donors (Lipinski definition) is 2. The fraction of sp³-hybridized carbons (Fsp3) is 0.174. The molecule has 4 aromatic rings. The van der Waals surface area contributed by atoms with Crippen LogP contribution in [0.5, 0.6) is 0 Å². The molecule has 2 heterocycles. The number of aliphatic hydroxyl groups excluding tert-OH is 1. The van der Waals surface area contributed by atoms with Crippen LogP contribution in [-0.2, 0) is 15.4 Å². The van der Waals surface area contributed by atoms with Gasteiger partial charge in [-0.05, 0) is 41.9 Å². The predicted molar refractivity (Wildman–Crippen MR) is 131 cm³/mol. The molecule has 0 aliphatic rings. The van der Waals surface area contributed by atoms with Gasteiger partial charge in [-0.2, -0.15) is 0 Å². The quantitative estimate of drug-likeness (QED) is 0.296. The van der Waals surface area contributed by atoms with Crippen molar-refractivity contribution in [2.24, 2.45) is 0 Å². The number of aliphatic hydroxyl groups is 1. The molecule has 4 rings (SSSR count). The summed E-state index contributed by atoms with van der Waals surface area (Å²) in [4.78, 5) is 11.7. The Morgan fingerprint density at radius 3 is 2.36 bits per heavy atom. The normalized spacial score (nSPS) is 12.1. The van der Waals surface area contributed by atoms with E-state index in [1.165, 1.54) is 18.3 Å². The number of benzene rings is 2. The maximum atomic E-state index is 15.7. The van der Waals surface area contributed by atoms with Gasteiger partial charge >= 0.3 is 0 Å². The number of anilines is 1. The van der Waals surface area contributed by atoms with Gasteiger partial charge in [0.1, 0.15) is 16.6 Å². The minimum Gasteiger partial charge on any atom is -0.395 e. The van der Waals surface area contributed by atoms with Crippen LogP contribution >= 0.6 is 22.9 Å². The third kappa shape index (κ3) is 4.94. The molecule has 0 radical (unpaired) electrons. The monoisotopic (exact) mass is 554 g/mol. The van der Waals surface area contributed by atoms with Crippen molar-refractivity contribution < 1.29 is 26.7 Å². The fourth-order valence-corrected chi connectivity index (χ4v) is 5.71. The Labute approximate surface area is 213 Å². The molecule has 0 saturated carbocycles. The van der Waals surface area contributed by atoms with Crippen LogP contribution in [-0.4, -0.2) is 35.1 Å². The van der Waals surface area contributed by atoms with Gasteiger partial charge in [0.2, 0.25) is 5.28 Å². The highest BCUT2D eigenvalue weighted by Gasteiger charge is 2.30. The second kappa shape index (κ2) is 9.77. The van der Waals surface area contributed by atoms with Gasteiger partial charge in [0.25, 0.3) is 10.0 Å². The zero-order valence-corrected chi connectivity index (χ0v) is 21.1. The van der Waals surface area contributed by atoms with Gasteiger partial charge in [0, 0.05) is 17.2 Å². The lowest BCUT2D eigenvalue weighted by molar-refractivity contribution is 0.218. The van der Waals surface area contributed by atoms with Gasteiger partial charge in [0.05, 0.1) is 28.6 Å². The number of sulfonamides is 1. The van der Waals surface area contributed by atoms with Gasteiger partial charge in [-0.3, -0.25) is 4.72 Å². The molecule has 0 bridgehead atoms. The highest BCUT2D eigenvalue weighted by Crippen LogP contribution is 2.42. The van der Waals surface area contributed by atoms with E-state index in [-0.39, 0.29) is 23.1 Å². The Balaban J connectivity index is 1.86. The molecule has 0 atom stereocenters. The van der Waals surface area contributed by atoms with Crippen LogP contribution in [0.1, 0.15) is 18.9 Å². The van der Waals surface area contributed by atoms with Crippen molar-refractivity contribution in [3.8, 4) is 21.8 Å². The van der Waals surface area contributed by atoms with Crippen molar-refractivity contribution in [1.82, 2.24) is 15.0 Å². The third-order valence-corrected chi connectivity index (χ3v) is 8.19. The lowest BCUT2D eigenvalue weighted by Crippen LogP contribution is -2.21. The van der Waals surface area contributed by atoms with E-state index in [0.717, 1.165) is 35.6 Å². The first kappa shape index (κ1) is 26.0. The van der Waals surface area contributed by atoms with E-state index >= 15 is 4.39 Å². The first-order valence-electron chi connectivity index (χ1n) is 10.3. The van der Waals surface area contributed by atoms with Crippen LogP contribution in [0.25, 0.3) is 21.8 Å². The summed E-state index contributed by atoms with van der Waals surface area (Å²) in [5.74, 6) is -3.67. The summed E-state index contributed by atoms with van der Waals surface area (Å²) in [5.41, 5.74) is -0.988. The molecule has 0 aliphatic carbocycles. The van der Waals surface area contributed by atoms with E-state index in [1.807, 2.05) is 4.72 Å². The fourth-order valence-electron chi connectivity index (χ4n) is 3.22. The molecule has 0 amide bonds. The molecular formula is C23H18ClF3N4O3S2. The summed E-state index contributed by atoms with van der Waals surface area (Å²) in [5, 5.41) is 10.2. The molecule has 0 unspecified atom stereocenters. The summed E-state index contributed by atoms with van der Waals surface area (Å²) in [7, 11) is -4.81. The topological polar surface area (TPSA) is 105 Å². The van der Waals surface area contributed by atoms with E-state index in [4.69, 9.17) is 11.6 Å². The average Bonchev–Trinajstić information content (AvgIpc) is 3.26. The maximum Gasteiger partial charge on any atom is 0.267 e. The van der Waals surface area contributed by atoms with Crippen LogP contribution in [0.2, 0.25) is 5.28 Å². The van der Waals surface area contributed by atoms with Gasteiger partial charge in [0.15, 0.2) is 10.7 Å².